The first-order chi connectivity index (χ1) is 5.40. The smallest absolute Gasteiger partial charge is 0.0934 e. The van der Waals surface area contributed by atoms with Gasteiger partial charge in [0, 0.05) is 13.1 Å². The van der Waals surface area contributed by atoms with Gasteiger partial charge in [-0.1, -0.05) is 0 Å². The van der Waals surface area contributed by atoms with Crippen molar-refractivity contribution in [2.75, 3.05) is 19.7 Å². The summed E-state index contributed by atoms with van der Waals surface area (Å²) in [5.41, 5.74) is 0. The van der Waals surface area contributed by atoms with E-state index in [0.717, 1.165) is 19.0 Å². The predicted molar refractivity (Wildman–Crippen MR) is 41.3 cm³/mol. The second kappa shape index (κ2) is 3.09. The Morgan fingerprint density at radius 3 is 2.82 bits per heavy atom. The van der Waals surface area contributed by atoms with Crippen molar-refractivity contribution < 1.29 is 9.84 Å². The van der Waals surface area contributed by atoms with Crippen LogP contribution in [-0.4, -0.2) is 37.0 Å². The lowest BCUT2D eigenvalue weighted by atomic mass is 10.2. The van der Waals surface area contributed by atoms with Crippen LogP contribution in [0.2, 0.25) is 0 Å². The fourth-order valence-corrected chi connectivity index (χ4v) is 1.58. The molecule has 2 N–H and O–H groups in total. The Balaban J connectivity index is 1.82. The van der Waals surface area contributed by atoms with Crippen LogP contribution in [0.15, 0.2) is 0 Å². The van der Waals surface area contributed by atoms with Gasteiger partial charge in [0.1, 0.15) is 0 Å². The normalized spacial score (nSPS) is 39.0. The first-order valence-electron chi connectivity index (χ1n) is 4.37. The summed E-state index contributed by atoms with van der Waals surface area (Å²) in [4.78, 5) is 0. The minimum Gasteiger partial charge on any atom is -0.394 e. The molecule has 3 nitrogen and oxygen atoms in total. The average Bonchev–Trinajstić information content (AvgIpc) is 2.87. The molecule has 11 heavy (non-hydrogen) atoms. The Labute approximate surface area is 66.7 Å². The molecule has 0 aromatic carbocycles. The summed E-state index contributed by atoms with van der Waals surface area (Å²) in [5, 5.41) is 12.1. The van der Waals surface area contributed by atoms with Gasteiger partial charge in [-0.15, -0.1) is 0 Å². The third-order valence-electron chi connectivity index (χ3n) is 2.44. The molecule has 1 aliphatic carbocycles. The molecule has 0 bridgehead atoms. The molecule has 2 rings (SSSR count). The Morgan fingerprint density at radius 1 is 1.36 bits per heavy atom. The van der Waals surface area contributed by atoms with Gasteiger partial charge in [-0.25, -0.2) is 0 Å². The fourth-order valence-electron chi connectivity index (χ4n) is 1.58. The average molecular weight is 157 g/mol. The standard InChI is InChI=1S/C8H15NO2/c10-5-7-3-9-4-8(11-7)6-1-2-6/h6-10H,1-5H2/t7-,8-/m0/s1. The van der Waals surface area contributed by atoms with Crippen LogP contribution in [0, 0.1) is 5.92 Å². The number of hydrogen-bond donors (Lipinski definition) is 2. The second-order valence-electron chi connectivity index (χ2n) is 3.47. The maximum Gasteiger partial charge on any atom is 0.0934 e. The SMILES string of the molecule is OC[C@@H]1CNC[C@@H](C2CC2)O1. The first-order valence-corrected chi connectivity index (χ1v) is 4.37. The van der Waals surface area contributed by atoms with E-state index < -0.39 is 0 Å². The van der Waals surface area contributed by atoms with E-state index in [1.54, 1.807) is 0 Å². The topological polar surface area (TPSA) is 41.5 Å². The molecule has 1 saturated heterocycles. The number of aliphatic hydroxyl groups excluding tert-OH is 1. The van der Waals surface area contributed by atoms with Crippen molar-refractivity contribution in [1.82, 2.24) is 5.32 Å². The van der Waals surface area contributed by atoms with Crippen LogP contribution in [0.3, 0.4) is 0 Å². The van der Waals surface area contributed by atoms with Gasteiger partial charge in [-0.2, -0.15) is 0 Å². The molecule has 0 aromatic heterocycles. The van der Waals surface area contributed by atoms with Crippen LogP contribution in [-0.2, 0) is 4.74 Å². The minimum atomic E-state index is 0.0364. The van der Waals surface area contributed by atoms with Crippen LogP contribution in [0.4, 0.5) is 0 Å². The summed E-state index contributed by atoms with van der Waals surface area (Å²) < 4.78 is 5.65. The van der Waals surface area contributed by atoms with Crippen LogP contribution in [0.5, 0.6) is 0 Å². The molecule has 0 radical (unpaired) electrons. The van der Waals surface area contributed by atoms with Crippen LogP contribution < -0.4 is 5.32 Å². The summed E-state index contributed by atoms with van der Waals surface area (Å²) >= 11 is 0. The van der Waals surface area contributed by atoms with Crippen molar-refractivity contribution in [1.29, 1.82) is 0 Å². The van der Waals surface area contributed by atoms with Crippen molar-refractivity contribution >= 4 is 0 Å². The first kappa shape index (κ1) is 7.53. The van der Waals surface area contributed by atoms with Gasteiger partial charge < -0.3 is 15.2 Å². The van der Waals surface area contributed by atoms with Crippen molar-refractivity contribution in [2.24, 2.45) is 5.92 Å². The number of hydrogen-bond acceptors (Lipinski definition) is 3. The maximum absolute atomic E-state index is 8.85. The summed E-state index contributed by atoms with van der Waals surface area (Å²) in [6.07, 6.45) is 3.03. The van der Waals surface area contributed by atoms with E-state index in [9.17, 15) is 0 Å². The number of morpholine rings is 1. The zero-order valence-corrected chi connectivity index (χ0v) is 6.62. The number of nitrogens with one attached hydrogen (secondary N) is 1. The highest BCUT2D eigenvalue weighted by Gasteiger charge is 2.35. The number of aliphatic hydroxyl groups is 1. The highest BCUT2D eigenvalue weighted by molar-refractivity contribution is 4.87. The molecule has 2 aliphatic rings. The molecule has 1 heterocycles. The number of ether oxygens (including phenoxy) is 1. The van der Waals surface area contributed by atoms with Gasteiger partial charge in [0.2, 0.25) is 0 Å². The molecular weight excluding hydrogens is 142 g/mol. The lowest BCUT2D eigenvalue weighted by Gasteiger charge is -2.29. The van der Waals surface area contributed by atoms with Gasteiger partial charge in [-0.05, 0) is 18.8 Å². The predicted octanol–water partition coefficient (Wildman–Crippen LogP) is -0.254. The molecule has 2 fully saturated rings. The molecule has 1 saturated carbocycles. The molecule has 0 amide bonds. The van der Waals surface area contributed by atoms with E-state index in [4.69, 9.17) is 9.84 Å². The third kappa shape index (κ3) is 1.72. The maximum atomic E-state index is 8.85. The highest BCUT2D eigenvalue weighted by atomic mass is 16.5. The molecule has 0 spiro atoms. The van der Waals surface area contributed by atoms with Crippen molar-refractivity contribution in [2.45, 2.75) is 25.0 Å². The lowest BCUT2D eigenvalue weighted by molar-refractivity contribution is -0.0690. The third-order valence-corrected chi connectivity index (χ3v) is 2.44. The summed E-state index contributed by atoms with van der Waals surface area (Å²) in [6, 6.07) is 0. The molecule has 3 heteroatoms. The van der Waals surface area contributed by atoms with Crippen LogP contribution in [0.1, 0.15) is 12.8 Å². The van der Waals surface area contributed by atoms with E-state index in [0.29, 0.717) is 6.10 Å². The van der Waals surface area contributed by atoms with E-state index >= 15 is 0 Å². The number of rotatable bonds is 2. The van der Waals surface area contributed by atoms with E-state index in [-0.39, 0.29) is 12.7 Å². The Bertz CT molecular complexity index is 136. The molecule has 0 unspecified atom stereocenters. The molecule has 1 aliphatic heterocycles. The highest BCUT2D eigenvalue weighted by Crippen LogP contribution is 2.35. The van der Waals surface area contributed by atoms with Gasteiger partial charge in [0.25, 0.3) is 0 Å². The Hall–Kier alpha value is -0.120. The monoisotopic (exact) mass is 157 g/mol. The molecule has 0 aromatic rings. The molecule has 64 valence electrons. The lowest BCUT2D eigenvalue weighted by Crippen LogP contribution is -2.47. The van der Waals surface area contributed by atoms with E-state index in [1.807, 2.05) is 0 Å². The molecule has 2 atom stereocenters. The Kier molecular flexibility index (Phi) is 2.11. The Morgan fingerprint density at radius 2 is 2.18 bits per heavy atom. The minimum absolute atomic E-state index is 0.0364. The van der Waals surface area contributed by atoms with E-state index in [2.05, 4.69) is 5.32 Å². The van der Waals surface area contributed by atoms with Gasteiger partial charge >= 0.3 is 0 Å². The largest absolute Gasteiger partial charge is 0.394 e. The summed E-state index contributed by atoms with van der Waals surface area (Å²) in [5.74, 6) is 0.775. The zero-order chi connectivity index (χ0) is 7.68. The molecular formula is C8H15NO2. The summed E-state index contributed by atoms with van der Waals surface area (Å²) in [6.45, 7) is 1.93. The van der Waals surface area contributed by atoms with Crippen molar-refractivity contribution in [3.05, 3.63) is 0 Å². The second-order valence-corrected chi connectivity index (χ2v) is 3.47. The van der Waals surface area contributed by atoms with Crippen molar-refractivity contribution in [3.63, 3.8) is 0 Å². The van der Waals surface area contributed by atoms with Crippen LogP contribution >= 0.6 is 0 Å². The van der Waals surface area contributed by atoms with Gasteiger partial charge in [0.05, 0.1) is 18.8 Å². The van der Waals surface area contributed by atoms with E-state index in [1.165, 1.54) is 12.8 Å². The van der Waals surface area contributed by atoms with Crippen molar-refractivity contribution in [3.8, 4) is 0 Å². The summed E-state index contributed by atoms with van der Waals surface area (Å²) in [7, 11) is 0. The zero-order valence-electron chi connectivity index (χ0n) is 6.62. The van der Waals surface area contributed by atoms with Gasteiger partial charge in [0.15, 0.2) is 0 Å². The quantitative estimate of drug-likeness (QED) is 0.580. The van der Waals surface area contributed by atoms with Crippen LogP contribution in [0.25, 0.3) is 0 Å². The fraction of sp³-hybridized carbons (Fsp3) is 1.00. The van der Waals surface area contributed by atoms with Gasteiger partial charge in [-0.3, -0.25) is 0 Å².